The molecule has 27 heavy (non-hydrogen) atoms. The molecule has 1 aromatic carbocycles. The number of aromatic amines is 2. The van der Waals surface area contributed by atoms with Crippen LogP contribution in [0.2, 0.25) is 0 Å². The van der Waals surface area contributed by atoms with Crippen LogP contribution in [-0.4, -0.2) is 26.6 Å². The van der Waals surface area contributed by atoms with Crippen LogP contribution < -0.4 is 20.9 Å². The first-order chi connectivity index (χ1) is 13.1. The average molecular weight is 362 g/mol. The molecule has 0 aliphatic heterocycles. The number of nitrogens with zero attached hydrogens (tertiary/aromatic N) is 2. The first-order valence-electron chi connectivity index (χ1n) is 9.06. The molecular formula is C21H22N4O2. The minimum absolute atomic E-state index is 0.140. The molecule has 0 unspecified atom stereocenters. The average Bonchev–Trinajstić information content (AvgIpc) is 3.25. The summed E-state index contributed by atoms with van der Waals surface area (Å²) in [6, 6.07) is 5.68. The van der Waals surface area contributed by atoms with Crippen LogP contribution in [-0.2, 0) is 6.42 Å². The molecule has 0 radical (unpaired) electrons. The lowest BCUT2D eigenvalue weighted by atomic mass is 10.1. The number of hydrogen-bond acceptors (Lipinski definition) is 3. The predicted octanol–water partition coefficient (Wildman–Crippen LogP) is 2.25. The van der Waals surface area contributed by atoms with Gasteiger partial charge in [0.25, 0.3) is 5.56 Å². The maximum absolute atomic E-state index is 12.6. The molecule has 0 saturated heterocycles. The standard InChI is InChI=1S/C21H22N4O2/c1-4-5-6-16-13(2)22-20-18(23-16)8-7-17-19(20)15(21(26)24-17)12-25-10-9-14(11-25)27-3/h7-12,22H,2,4-6H2,1,3H3,(H,24,26). The van der Waals surface area contributed by atoms with Crippen LogP contribution in [0.1, 0.15) is 25.5 Å². The molecule has 0 amide bonds. The van der Waals surface area contributed by atoms with E-state index in [0.29, 0.717) is 5.22 Å². The highest BCUT2D eigenvalue weighted by Crippen LogP contribution is 2.17. The van der Waals surface area contributed by atoms with E-state index in [0.717, 1.165) is 58.0 Å². The van der Waals surface area contributed by atoms with E-state index in [4.69, 9.17) is 9.72 Å². The van der Waals surface area contributed by atoms with Crippen molar-refractivity contribution in [1.82, 2.24) is 19.5 Å². The molecule has 0 atom stereocenters. The van der Waals surface area contributed by atoms with Gasteiger partial charge in [0, 0.05) is 17.8 Å². The summed E-state index contributed by atoms with van der Waals surface area (Å²) in [4.78, 5) is 23.7. The Balaban J connectivity index is 1.99. The summed E-state index contributed by atoms with van der Waals surface area (Å²) in [6.07, 6.45) is 8.53. The van der Waals surface area contributed by atoms with Gasteiger partial charge in [-0.3, -0.25) is 4.79 Å². The Bertz CT molecular complexity index is 1290. The van der Waals surface area contributed by atoms with Crippen molar-refractivity contribution in [1.29, 1.82) is 0 Å². The van der Waals surface area contributed by atoms with E-state index < -0.39 is 0 Å². The summed E-state index contributed by atoms with van der Waals surface area (Å²) >= 11 is 0. The van der Waals surface area contributed by atoms with Gasteiger partial charge in [-0.25, -0.2) is 4.98 Å². The summed E-state index contributed by atoms with van der Waals surface area (Å²) in [5, 5.41) is 2.20. The van der Waals surface area contributed by atoms with Crippen molar-refractivity contribution in [3.05, 3.63) is 57.2 Å². The maximum Gasteiger partial charge on any atom is 0.257 e. The third-order valence-electron chi connectivity index (χ3n) is 4.79. The molecule has 3 aromatic heterocycles. The first-order valence-corrected chi connectivity index (χ1v) is 9.06. The molecule has 4 rings (SSSR count). The maximum atomic E-state index is 12.6. The van der Waals surface area contributed by atoms with E-state index in [9.17, 15) is 4.79 Å². The highest BCUT2D eigenvalue weighted by molar-refractivity contribution is 6.03. The third-order valence-corrected chi connectivity index (χ3v) is 4.79. The zero-order chi connectivity index (χ0) is 19.0. The van der Waals surface area contributed by atoms with E-state index in [-0.39, 0.29) is 5.56 Å². The fourth-order valence-corrected chi connectivity index (χ4v) is 3.35. The monoisotopic (exact) mass is 362 g/mol. The summed E-state index contributed by atoms with van der Waals surface area (Å²) in [5.74, 6) is 0.734. The van der Waals surface area contributed by atoms with Crippen LogP contribution >= 0.6 is 0 Å². The Labute approximate surface area is 155 Å². The van der Waals surface area contributed by atoms with Crippen LogP contribution in [0.3, 0.4) is 0 Å². The Kier molecular flexibility index (Phi) is 4.32. The van der Waals surface area contributed by atoms with Gasteiger partial charge in [0.1, 0.15) is 5.75 Å². The van der Waals surface area contributed by atoms with Crippen LogP contribution in [0.5, 0.6) is 5.75 Å². The lowest BCUT2D eigenvalue weighted by molar-refractivity contribution is 0.415. The highest BCUT2D eigenvalue weighted by Gasteiger charge is 2.10. The number of nitrogens with one attached hydrogen (secondary N) is 2. The molecule has 0 bridgehead atoms. The van der Waals surface area contributed by atoms with Gasteiger partial charge in [0.2, 0.25) is 0 Å². The Hall–Kier alpha value is -3.28. The van der Waals surface area contributed by atoms with E-state index >= 15 is 0 Å². The number of hydrogen-bond donors (Lipinski definition) is 2. The van der Waals surface area contributed by atoms with Gasteiger partial charge in [0.05, 0.1) is 46.1 Å². The topological polar surface area (TPSA) is 75.7 Å². The lowest BCUT2D eigenvalue weighted by Crippen LogP contribution is -2.23. The molecule has 138 valence electrons. The number of fused-ring (bicyclic) bond motifs is 3. The fraction of sp³-hybridized carbons (Fsp3) is 0.238. The van der Waals surface area contributed by atoms with Crippen LogP contribution in [0.25, 0.3) is 34.7 Å². The molecule has 2 N–H and O–H groups in total. The van der Waals surface area contributed by atoms with Crippen molar-refractivity contribution in [3.63, 3.8) is 0 Å². The highest BCUT2D eigenvalue weighted by atomic mass is 16.5. The van der Waals surface area contributed by atoms with Crippen molar-refractivity contribution in [3.8, 4) is 5.75 Å². The SMILES string of the molecule is C=c1[nH]c2c(ccc3[nH]c(=O)c(=Cn4ccc(OC)c4)c32)nc1CCCC. The summed E-state index contributed by atoms with van der Waals surface area (Å²) in [5.41, 5.74) is 3.26. The number of aromatic nitrogens is 4. The lowest BCUT2D eigenvalue weighted by Gasteiger charge is -2.05. The number of H-pyrrole nitrogens is 2. The molecule has 0 aliphatic rings. The molecular weight excluding hydrogens is 340 g/mol. The van der Waals surface area contributed by atoms with Crippen molar-refractivity contribution in [2.24, 2.45) is 0 Å². The Morgan fingerprint density at radius 2 is 2.15 bits per heavy atom. The second-order valence-electron chi connectivity index (χ2n) is 6.64. The fourth-order valence-electron chi connectivity index (χ4n) is 3.35. The van der Waals surface area contributed by atoms with Crippen LogP contribution in [0.4, 0.5) is 0 Å². The number of methoxy groups -OCH3 is 1. The van der Waals surface area contributed by atoms with Gasteiger partial charge < -0.3 is 19.3 Å². The van der Waals surface area contributed by atoms with Gasteiger partial charge >= 0.3 is 0 Å². The third kappa shape index (κ3) is 3.03. The molecule has 3 heterocycles. The number of aryl methyl sites for hydroxylation is 1. The van der Waals surface area contributed by atoms with E-state index in [2.05, 4.69) is 23.5 Å². The van der Waals surface area contributed by atoms with Crippen molar-refractivity contribution < 1.29 is 4.74 Å². The van der Waals surface area contributed by atoms with Crippen LogP contribution in [0, 0.1) is 0 Å². The van der Waals surface area contributed by atoms with Gasteiger partial charge in [-0.15, -0.1) is 0 Å². The molecule has 6 nitrogen and oxygen atoms in total. The summed E-state index contributed by atoms with van der Waals surface area (Å²) in [7, 11) is 1.62. The van der Waals surface area contributed by atoms with Crippen molar-refractivity contribution >= 4 is 34.7 Å². The zero-order valence-electron chi connectivity index (χ0n) is 15.5. The van der Waals surface area contributed by atoms with Crippen molar-refractivity contribution in [2.45, 2.75) is 26.2 Å². The Morgan fingerprint density at radius 1 is 1.30 bits per heavy atom. The molecule has 0 fully saturated rings. The zero-order valence-corrected chi connectivity index (χ0v) is 15.5. The molecule has 0 saturated carbocycles. The second-order valence-corrected chi connectivity index (χ2v) is 6.64. The predicted molar refractivity (Wildman–Crippen MR) is 108 cm³/mol. The van der Waals surface area contributed by atoms with E-state index in [1.807, 2.05) is 35.2 Å². The van der Waals surface area contributed by atoms with Gasteiger partial charge in [-0.2, -0.15) is 0 Å². The van der Waals surface area contributed by atoms with Crippen LogP contribution in [0.15, 0.2) is 35.4 Å². The van der Waals surface area contributed by atoms with E-state index in [1.165, 1.54) is 0 Å². The number of benzene rings is 1. The molecule has 0 aliphatic carbocycles. The minimum atomic E-state index is -0.140. The normalized spacial score (nSPS) is 12.3. The van der Waals surface area contributed by atoms with Gasteiger partial charge in [-0.1, -0.05) is 19.9 Å². The quantitative estimate of drug-likeness (QED) is 0.572. The van der Waals surface area contributed by atoms with Gasteiger partial charge in [0.15, 0.2) is 0 Å². The van der Waals surface area contributed by atoms with E-state index in [1.54, 1.807) is 13.3 Å². The molecule has 4 aromatic rings. The summed E-state index contributed by atoms with van der Waals surface area (Å²) in [6.45, 7) is 6.28. The largest absolute Gasteiger partial charge is 0.495 e. The Morgan fingerprint density at radius 3 is 2.89 bits per heavy atom. The first kappa shape index (κ1) is 17.1. The number of unbranched alkanes of at least 4 members (excludes halogenated alkanes) is 1. The van der Waals surface area contributed by atoms with Crippen molar-refractivity contribution in [2.75, 3.05) is 7.11 Å². The number of rotatable bonds is 5. The minimum Gasteiger partial charge on any atom is -0.495 e. The molecule has 6 heteroatoms. The van der Waals surface area contributed by atoms with Gasteiger partial charge in [-0.05, 0) is 31.0 Å². The second kappa shape index (κ2) is 6.79. The number of ether oxygens (including phenoxy) is 1. The summed E-state index contributed by atoms with van der Waals surface area (Å²) < 4.78 is 7.03. The molecule has 0 spiro atoms. The smallest absolute Gasteiger partial charge is 0.257 e.